The molecule has 2 nitrogen and oxygen atoms in total. The third-order valence-electron chi connectivity index (χ3n) is 10.6. The number of Topliss-reactive ketones (excluding diaryl/α,β-unsaturated/α-hetero) is 2. The van der Waals surface area contributed by atoms with E-state index < -0.39 is 10.8 Å². The van der Waals surface area contributed by atoms with Crippen molar-refractivity contribution < 1.29 is 9.59 Å². The highest BCUT2D eigenvalue weighted by Gasteiger charge is 2.71. The lowest BCUT2D eigenvalue weighted by molar-refractivity contribution is 0.0242. The molecule has 6 unspecified atom stereocenters. The summed E-state index contributed by atoms with van der Waals surface area (Å²) in [7, 11) is 0. The predicted molar refractivity (Wildman–Crippen MR) is 159 cm³/mol. The van der Waals surface area contributed by atoms with Gasteiger partial charge in [-0.2, -0.15) is 0 Å². The summed E-state index contributed by atoms with van der Waals surface area (Å²) in [6.45, 7) is 13.8. The number of fused-ring (bicyclic) bond motifs is 6. The number of hydrogen-bond donors (Lipinski definition) is 0. The zero-order valence-electron chi connectivity index (χ0n) is 25.0. The van der Waals surface area contributed by atoms with Crippen LogP contribution in [0.25, 0.3) is 0 Å². The van der Waals surface area contributed by atoms with E-state index >= 15 is 0 Å². The quantitative estimate of drug-likeness (QED) is 0.230. The van der Waals surface area contributed by atoms with Gasteiger partial charge >= 0.3 is 0 Å². The lowest BCUT2D eigenvalue weighted by Crippen LogP contribution is -2.56. The number of ketones is 2. The number of benzene rings is 1. The Hall–Kier alpha value is -1.96. The summed E-state index contributed by atoms with van der Waals surface area (Å²) >= 11 is 0. The van der Waals surface area contributed by atoms with Crippen molar-refractivity contribution in [2.24, 2.45) is 40.4 Å². The van der Waals surface area contributed by atoms with Crippen molar-refractivity contribution in [3.63, 3.8) is 0 Å². The van der Waals surface area contributed by atoms with Crippen LogP contribution in [0.4, 0.5) is 0 Å². The van der Waals surface area contributed by atoms with Crippen LogP contribution in [0.3, 0.4) is 0 Å². The van der Waals surface area contributed by atoms with Gasteiger partial charge in [-0.1, -0.05) is 128 Å². The third-order valence-corrected chi connectivity index (χ3v) is 10.6. The SMILES string of the molecule is CC(=CCC12C(=O)c3ccccc3C(=O)C1(C)C1C=CC2C1)CCCC(C)CCCC(C)CCCC(C)C. The zero-order chi connectivity index (χ0) is 27.5. The molecule has 0 spiro atoms. The molecule has 2 heteroatoms. The number of allylic oxidation sites excluding steroid dienone is 4. The van der Waals surface area contributed by atoms with Crippen LogP contribution in [-0.2, 0) is 0 Å². The van der Waals surface area contributed by atoms with Gasteiger partial charge < -0.3 is 0 Å². The Bertz CT molecular complexity index is 1060. The first-order valence-electron chi connectivity index (χ1n) is 15.6. The van der Waals surface area contributed by atoms with Crippen LogP contribution in [0.15, 0.2) is 48.1 Å². The van der Waals surface area contributed by atoms with Crippen LogP contribution in [0.1, 0.15) is 133 Å². The van der Waals surface area contributed by atoms with E-state index in [0.717, 1.165) is 30.6 Å². The van der Waals surface area contributed by atoms with Crippen LogP contribution in [0.2, 0.25) is 0 Å². The van der Waals surface area contributed by atoms with Gasteiger partial charge in [-0.3, -0.25) is 9.59 Å². The van der Waals surface area contributed by atoms with Crippen molar-refractivity contribution in [2.75, 3.05) is 0 Å². The van der Waals surface area contributed by atoms with E-state index in [9.17, 15) is 9.59 Å². The van der Waals surface area contributed by atoms with Gasteiger partial charge in [0.2, 0.25) is 0 Å². The molecule has 0 saturated heterocycles. The number of carbonyl (C=O) groups is 2. The minimum absolute atomic E-state index is 0.166. The van der Waals surface area contributed by atoms with E-state index in [1.165, 1.54) is 56.9 Å². The molecule has 4 rings (SSSR count). The Morgan fingerprint density at radius 1 is 0.842 bits per heavy atom. The Morgan fingerprint density at radius 2 is 1.39 bits per heavy atom. The van der Waals surface area contributed by atoms with E-state index in [0.29, 0.717) is 17.5 Å². The first kappa shape index (κ1) is 29.0. The predicted octanol–water partition coefficient (Wildman–Crippen LogP) is 10.0. The molecular formula is C36H52O2. The molecule has 1 aromatic rings. The topological polar surface area (TPSA) is 34.1 Å². The minimum atomic E-state index is -0.630. The molecule has 3 aliphatic rings. The van der Waals surface area contributed by atoms with E-state index in [1.807, 2.05) is 24.3 Å². The zero-order valence-corrected chi connectivity index (χ0v) is 25.0. The van der Waals surface area contributed by atoms with Crippen LogP contribution in [0.5, 0.6) is 0 Å². The highest BCUT2D eigenvalue weighted by molar-refractivity contribution is 6.20. The van der Waals surface area contributed by atoms with Gasteiger partial charge in [0, 0.05) is 11.1 Å². The van der Waals surface area contributed by atoms with Crippen molar-refractivity contribution in [3.8, 4) is 0 Å². The summed E-state index contributed by atoms with van der Waals surface area (Å²) in [5, 5.41) is 0. The Kier molecular flexibility index (Phi) is 9.21. The highest BCUT2D eigenvalue weighted by Crippen LogP contribution is 2.69. The van der Waals surface area contributed by atoms with Crippen LogP contribution >= 0.6 is 0 Å². The fraction of sp³-hybridized carbons (Fsp3) is 0.667. The Morgan fingerprint density at radius 3 is 2.03 bits per heavy atom. The van der Waals surface area contributed by atoms with Gasteiger partial charge in [-0.05, 0) is 62.2 Å². The standard InChI is InChI=1S/C36H52O2/c1-25(2)12-9-13-26(3)14-10-15-27(4)16-11-17-28(5)22-23-36-30-21-20-29(24-30)35(36,6)33(37)31-18-7-8-19-32(31)34(36)38/h7-8,18-22,25-27,29-30H,9-17,23-24H2,1-6H3. The van der Waals surface area contributed by atoms with Gasteiger partial charge in [0.25, 0.3) is 0 Å². The maximum atomic E-state index is 14.1. The number of carbonyl (C=O) groups excluding carboxylic acids is 2. The van der Waals surface area contributed by atoms with Crippen molar-refractivity contribution in [1.82, 2.24) is 0 Å². The molecule has 38 heavy (non-hydrogen) atoms. The average molecular weight is 517 g/mol. The van der Waals surface area contributed by atoms with Crippen LogP contribution in [0, 0.1) is 40.4 Å². The second-order valence-corrected chi connectivity index (χ2v) is 13.8. The molecule has 1 aromatic carbocycles. The van der Waals surface area contributed by atoms with E-state index in [-0.39, 0.29) is 23.4 Å². The molecule has 0 amide bonds. The van der Waals surface area contributed by atoms with Gasteiger partial charge in [0.15, 0.2) is 11.6 Å². The Labute approximate surface area is 232 Å². The van der Waals surface area contributed by atoms with Crippen LogP contribution < -0.4 is 0 Å². The molecule has 0 N–H and O–H groups in total. The van der Waals surface area contributed by atoms with E-state index in [4.69, 9.17) is 0 Å². The molecule has 1 fully saturated rings. The molecule has 0 aliphatic heterocycles. The molecule has 1 saturated carbocycles. The van der Waals surface area contributed by atoms with Crippen molar-refractivity contribution in [1.29, 1.82) is 0 Å². The molecule has 3 aliphatic carbocycles. The summed E-state index contributed by atoms with van der Waals surface area (Å²) < 4.78 is 0. The molecule has 0 radical (unpaired) electrons. The summed E-state index contributed by atoms with van der Waals surface area (Å²) in [5.41, 5.74) is 1.40. The average Bonchev–Trinajstić information content (AvgIpc) is 3.47. The van der Waals surface area contributed by atoms with E-state index in [2.05, 4.69) is 59.8 Å². The maximum absolute atomic E-state index is 14.1. The number of rotatable bonds is 14. The first-order valence-corrected chi connectivity index (χ1v) is 15.6. The smallest absolute Gasteiger partial charge is 0.171 e. The summed E-state index contributed by atoms with van der Waals surface area (Å²) in [6, 6.07) is 7.52. The minimum Gasteiger partial charge on any atom is -0.293 e. The lowest BCUT2D eigenvalue weighted by Gasteiger charge is -2.50. The van der Waals surface area contributed by atoms with Gasteiger partial charge in [0.1, 0.15) is 0 Å². The molecular weight excluding hydrogens is 464 g/mol. The van der Waals surface area contributed by atoms with Gasteiger partial charge in [0.05, 0.1) is 10.8 Å². The molecule has 0 aromatic heterocycles. The number of hydrogen-bond acceptors (Lipinski definition) is 2. The fourth-order valence-corrected chi connectivity index (χ4v) is 7.98. The fourth-order valence-electron chi connectivity index (χ4n) is 7.98. The molecule has 0 heterocycles. The first-order chi connectivity index (χ1) is 18.1. The highest BCUT2D eigenvalue weighted by atomic mass is 16.1. The molecule has 208 valence electrons. The third kappa shape index (κ3) is 5.39. The summed E-state index contributed by atoms with van der Waals surface area (Å²) in [6.07, 6.45) is 20.1. The summed E-state index contributed by atoms with van der Waals surface area (Å²) in [5.74, 6) is 3.18. The summed E-state index contributed by atoms with van der Waals surface area (Å²) in [4.78, 5) is 27.9. The molecule has 2 bridgehead atoms. The second-order valence-electron chi connectivity index (χ2n) is 13.8. The van der Waals surface area contributed by atoms with Crippen molar-refractivity contribution >= 4 is 11.6 Å². The van der Waals surface area contributed by atoms with E-state index in [1.54, 1.807) is 0 Å². The van der Waals surface area contributed by atoms with Gasteiger partial charge in [-0.15, -0.1) is 0 Å². The normalized spacial score (nSPS) is 29.6. The maximum Gasteiger partial charge on any atom is 0.171 e. The lowest BCUT2D eigenvalue weighted by atomic mass is 9.49. The second kappa shape index (κ2) is 12.1. The molecule has 6 atom stereocenters. The Balaban J connectivity index is 1.30. The van der Waals surface area contributed by atoms with Crippen molar-refractivity contribution in [3.05, 3.63) is 59.2 Å². The van der Waals surface area contributed by atoms with Gasteiger partial charge in [-0.25, -0.2) is 0 Å². The van der Waals surface area contributed by atoms with Crippen molar-refractivity contribution in [2.45, 2.75) is 112 Å². The van der Waals surface area contributed by atoms with Crippen LogP contribution in [-0.4, -0.2) is 11.6 Å². The largest absolute Gasteiger partial charge is 0.293 e. The monoisotopic (exact) mass is 516 g/mol.